The Labute approximate surface area is 183 Å². The smallest absolute Gasteiger partial charge is 0.152 e. The Kier molecular flexibility index (Phi) is 6.42. The van der Waals surface area contributed by atoms with Crippen molar-refractivity contribution in [2.45, 2.75) is 51.6 Å². The topological polar surface area (TPSA) is 75.9 Å². The quantitative estimate of drug-likeness (QED) is 0.557. The van der Waals surface area contributed by atoms with E-state index in [0.29, 0.717) is 5.56 Å². The molecule has 1 saturated heterocycles. The minimum Gasteiger partial charge on any atom is -0.367 e. The van der Waals surface area contributed by atoms with Crippen LogP contribution in [0, 0.1) is 6.92 Å². The lowest BCUT2D eigenvalue weighted by Crippen LogP contribution is -2.55. The van der Waals surface area contributed by atoms with Gasteiger partial charge < -0.3 is 5.32 Å². The number of carbonyl (C=O) groups excluding carboxylic acids is 1. The van der Waals surface area contributed by atoms with Crippen LogP contribution in [0.15, 0.2) is 48.8 Å². The molecule has 7 heteroatoms. The highest BCUT2D eigenvalue weighted by molar-refractivity contribution is 5.81. The van der Waals surface area contributed by atoms with Gasteiger partial charge in [0.15, 0.2) is 6.29 Å². The average molecular weight is 419 g/mol. The summed E-state index contributed by atoms with van der Waals surface area (Å²) in [4.78, 5) is 14.3. The molecule has 162 valence electrons. The Morgan fingerprint density at radius 3 is 2.77 bits per heavy atom. The zero-order chi connectivity index (χ0) is 21.7. The van der Waals surface area contributed by atoms with Crippen molar-refractivity contribution in [3.05, 3.63) is 65.6 Å². The fraction of sp³-hybridized carbons (Fsp3) is 0.417. The molecular weight excluding hydrogens is 388 g/mol. The van der Waals surface area contributed by atoms with Gasteiger partial charge in [-0.1, -0.05) is 25.5 Å². The van der Waals surface area contributed by atoms with E-state index in [9.17, 15) is 4.79 Å². The van der Waals surface area contributed by atoms with Gasteiger partial charge in [0.1, 0.15) is 5.82 Å². The van der Waals surface area contributed by atoms with Crippen molar-refractivity contribution in [1.29, 1.82) is 0 Å². The minimum absolute atomic E-state index is 0.0172. The van der Waals surface area contributed by atoms with Gasteiger partial charge in [0.25, 0.3) is 0 Å². The summed E-state index contributed by atoms with van der Waals surface area (Å²) < 4.78 is 1.80. The van der Waals surface area contributed by atoms with E-state index in [2.05, 4.69) is 38.5 Å². The summed E-state index contributed by atoms with van der Waals surface area (Å²) in [6, 6.07) is 11.8. The number of carbonyl (C=O) groups is 1. The van der Waals surface area contributed by atoms with Gasteiger partial charge in [-0.25, -0.2) is 4.68 Å². The van der Waals surface area contributed by atoms with E-state index in [-0.39, 0.29) is 5.54 Å². The molecule has 1 aromatic carbocycles. The molecular formula is C24H30N6O. The maximum Gasteiger partial charge on any atom is 0.152 e. The normalized spacial score (nSPS) is 19.3. The Bertz CT molecular complexity index is 1000. The zero-order valence-corrected chi connectivity index (χ0v) is 18.3. The van der Waals surface area contributed by atoms with E-state index in [1.54, 1.807) is 10.9 Å². The third kappa shape index (κ3) is 4.51. The number of nitrogens with zero attached hydrogens (tertiary/aromatic N) is 5. The molecule has 31 heavy (non-hydrogen) atoms. The second-order valence-electron chi connectivity index (χ2n) is 8.29. The number of hydrogen-bond acceptors (Lipinski definition) is 6. The molecule has 4 rings (SSSR count). The predicted octanol–water partition coefficient (Wildman–Crippen LogP) is 4.03. The molecule has 1 fully saturated rings. The molecule has 0 saturated carbocycles. The summed E-state index contributed by atoms with van der Waals surface area (Å²) in [5, 5.41) is 16.4. The third-order valence-corrected chi connectivity index (χ3v) is 6.42. The number of likely N-dealkylation sites (tertiary alicyclic amines) is 1. The van der Waals surface area contributed by atoms with Crippen molar-refractivity contribution in [2.24, 2.45) is 0 Å². The predicted molar refractivity (Wildman–Crippen MR) is 121 cm³/mol. The molecule has 1 aliphatic rings. The van der Waals surface area contributed by atoms with Crippen LogP contribution in [-0.2, 0) is 6.54 Å². The average Bonchev–Trinajstić information content (AvgIpc) is 3.34. The molecule has 0 bridgehead atoms. The van der Waals surface area contributed by atoms with E-state index in [0.717, 1.165) is 61.5 Å². The second-order valence-corrected chi connectivity index (χ2v) is 8.29. The highest BCUT2D eigenvalue weighted by atomic mass is 16.1. The molecule has 3 heterocycles. The Morgan fingerprint density at radius 2 is 2.06 bits per heavy atom. The molecule has 0 radical (unpaired) electrons. The highest BCUT2D eigenvalue weighted by Gasteiger charge is 2.37. The van der Waals surface area contributed by atoms with Crippen LogP contribution in [0.25, 0.3) is 5.69 Å². The third-order valence-electron chi connectivity index (χ3n) is 6.42. The molecule has 0 aliphatic carbocycles. The summed E-state index contributed by atoms with van der Waals surface area (Å²) in [5.74, 6) is 0.809. The van der Waals surface area contributed by atoms with Gasteiger partial charge in [-0.05, 0) is 62.6 Å². The minimum atomic E-state index is 0.0172. The first-order chi connectivity index (χ1) is 15.1. The summed E-state index contributed by atoms with van der Waals surface area (Å²) in [6.07, 6.45) is 9.11. The van der Waals surface area contributed by atoms with Crippen LogP contribution in [-0.4, -0.2) is 49.8 Å². The van der Waals surface area contributed by atoms with Gasteiger partial charge in [0.05, 0.1) is 11.4 Å². The number of anilines is 1. The first-order valence-corrected chi connectivity index (χ1v) is 11.0. The van der Waals surface area contributed by atoms with Crippen LogP contribution in [0.3, 0.4) is 0 Å². The zero-order valence-electron chi connectivity index (χ0n) is 18.3. The molecule has 3 aromatic rings. The summed E-state index contributed by atoms with van der Waals surface area (Å²) in [7, 11) is 0. The number of benzene rings is 1. The van der Waals surface area contributed by atoms with Crippen LogP contribution in [0.5, 0.6) is 0 Å². The fourth-order valence-electron chi connectivity index (χ4n) is 4.59. The van der Waals surface area contributed by atoms with Gasteiger partial charge in [-0.2, -0.15) is 10.2 Å². The maximum absolute atomic E-state index is 11.8. The number of para-hydroxylation sites is 1. The van der Waals surface area contributed by atoms with Crippen LogP contribution in [0.2, 0.25) is 0 Å². The molecule has 1 N–H and O–H groups in total. The maximum atomic E-state index is 11.8. The largest absolute Gasteiger partial charge is 0.367 e. The number of aryl methyl sites for hydroxylation is 1. The van der Waals surface area contributed by atoms with Crippen LogP contribution < -0.4 is 5.32 Å². The number of hydrogen-bond donors (Lipinski definition) is 1. The number of piperidine rings is 1. The molecule has 1 aliphatic heterocycles. The number of nitrogens with one attached hydrogen (secondary N) is 1. The lowest BCUT2D eigenvalue weighted by Gasteiger charge is -2.47. The Morgan fingerprint density at radius 1 is 1.16 bits per heavy atom. The Balaban J connectivity index is 1.61. The Hall–Kier alpha value is -3.06. The van der Waals surface area contributed by atoms with Crippen molar-refractivity contribution in [2.75, 3.05) is 18.4 Å². The molecule has 2 aromatic heterocycles. The first-order valence-electron chi connectivity index (χ1n) is 11.0. The van der Waals surface area contributed by atoms with E-state index < -0.39 is 0 Å². The second kappa shape index (κ2) is 9.39. The van der Waals surface area contributed by atoms with Crippen LogP contribution in [0.4, 0.5) is 5.82 Å². The molecule has 1 atom stereocenters. The number of rotatable bonds is 8. The van der Waals surface area contributed by atoms with Crippen molar-refractivity contribution in [3.8, 4) is 5.69 Å². The van der Waals surface area contributed by atoms with Gasteiger partial charge in [-0.15, -0.1) is 5.10 Å². The lowest BCUT2D eigenvalue weighted by atomic mass is 9.83. The molecule has 7 nitrogen and oxygen atoms in total. The van der Waals surface area contributed by atoms with E-state index in [4.69, 9.17) is 0 Å². The summed E-state index contributed by atoms with van der Waals surface area (Å²) >= 11 is 0. The lowest BCUT2D eigenvalue weighted by molar-refractivity contribution is 0.0452. The standard InChI is InChI=1S/C24H30N6O/c1-3-24(18-25-22-11-10-19(2)27-28-22)12-4-5-14-29(24)16-20-8-6-9-21(17-31)23(20)30-15-7-13-26-30/h6-11,13,15,17H,3-5,12,14,16,18H2,1-2H3,(H,25,28). The summed E-state index contributed by atoms with van der Waals surface area (Å²) in [5.41, 5.74) is 3.58. The molecule has 1 unspecified atom stereocenters. The monoisotopic (exact) mass is 418 g/mol. The van der Waals surface area contributed by atoms with E-state index in [1.807, 2.05) is 43.5 Å². The van der Waals surface area contributed by atoms with Crippen molar-refractivity contribution >= 4 is 12.1 Å². The molecule has 0 amide bonds. The number of aromatic nitrogens is 4. The van der Waals surface area contributed by atoms with Gasteiger partial charge in [0, 0.05) is 36.6 Å². The van der Waals surface area contributed by atoms with Crippen LogP contribution in [0.1, 0.15) is 54.2 Å². The first kappa shape index (κ1) is 21.2. The SMILES string of the molecule is CCC1(CNc2ccc(C)nn2)CCCCN1Cc1cccc(C=O)c1-n1cccn1. The van der Waals surface area contributed by atoms with Crippen LogP contribution >= 0.6 is 0 Å². The van der Waals surface area contributed by atoms with Gasteiger partial charge in [0.2, 0.25) is 0 Å². The van der Waals surface area contributed by atoms with Crippen molar-refractivity contribution in [3.63, 3.8) is 0 Å². The van der Waals surface area contributed by atoms with Gasteiger partial charge >= 0.3 is 0 Å². The fourth-order valence-corrected chi connectivity index (χ4v) is 4.59. The van der Waals surface area contributed by atoms with Crippen molar-refractivity contribution in [1.82, 2.24) is 24.9 Å². The summed E-state index contributed by atoms with van der Waals surface area (Å²) in [6.45, 7) is 6.81. The van der Waals surface area contributed by atoms with E-state index in [1.165, 1.54) is 12.8 Å². The van der Waals surface area contributed by atoms with Gasteiger partial charge in [-0.3, -0.25) is 9.69 Å². The molecule has 0 spiro atoms. The number of aldehydes is 1. The van der Waals surface area contributed by atoms with Crippen molar-refractivity contribution < 1.29 is 4.79 Å². The van der Waals surface area contributed by atoms with E-state index >= 15 is 0 Å². The highest BCUT2D eigenvalue weighted by Crippen LogP contribution is 2.34.